The summed E-state index contributed by atoms with van der Waals surface area (Å²) in [5.74, 6) is -0.0259. The van der Waals surface area contributed by atoms with Crippen LogP contribution in [0.2, 0.25) is 0 Å². The number of H-pyrrole nitrogens is 1. The highest BCUT2D eigenvalue weighted by Crippen LogP contribution is 2.35. The third-order valence-corrected chi connectivity index (χ3v) is 6.13. The minimum Gasteiger partial charge on any atom is -0.408 e. The van der Waals surface area contributed by atoms with Crippen LogP contribution in [0, 0.1) is 5.82 Å². The van der Waals surface area contributed by atoms with Crippen LogP contribution < -0.4 is 5.76 Å². The molecule has 4 nitrogen and oxygen atoms in total. The zero-order valence-corrected chi connectivity index (χ0v) is 16.3. The van der Waals surface area contributed by atoms with Crippen molar-refractivity contribution in [1.29, 1.82) is 0 Å². The minimum absolute atomic E-state index is 0.171. The third kappa shape index (κ3) is 4.36. The summed E-state index contributed by atoms with van der Waals surface area (Å²) in [4.78, 5) is 16.5. The van der Waals surface area contributed by atoms with Crippen LogP contribution in [0.15, 0.2) is 51.7 Å². The smallest absolute Gasteiger partial charge is 0.408 e. The van der Waals surface area contributed by atoms with Crippen LogP contribution in [0.5, 0.6) is 0 Å². The summed E-state index contributed by atoms with van der Waals surface area (Å²) in [6.45, 7) is 1.06. The van der Waals surface area contributed by atoms with E-state index in [0.29, 0.717) is 17.5 Å². The number of aromatic amines is 1. The molecule has 0 saturated heterocycles. The molecule has 5 heteroatoms. The van der Waals surface area contributed by atoms with E-state index in [1.165, 1.54) is 36.1 Å². The lowest BCUT2D eigenvalue weighted by atomic mass is 9.81. The van der Waals surface area contributed by atoms with Gasteiger partial charge in [-0.1, -0.05) is 18.2 Å². The van der Waals surface area contributed by atoms with Crippen molar-refractivity contribution >= 4 is 11.1 Å². The Balaban J connectivity index is 1.26. The van der Waals surface area contributed by atoms with Crippen LogP contribution in [0.4, 0.5) is 4.39 Å². The average molecular weight is 382 g/mol. The zero-order chi connectivity index (χ0) is 19.5. The van der Waals surface area contributed by atoms with Gasteiger partial charge in [-0.15, -0.1) is 0 Å². The van der Waals surface area contributed by atoms with Gasteiger partial charge >= 0.3 is 5.76 Å². The van der Waals surface area contributed by atoms with Gasteiger partial charge in [-0.25, -0.2) is 9.18 Å². The van der Waals surface area contributed by atoms with Gasteiger partial charge in [-0.05, 0) is 93.4 Å². The van der Waals surface area contributed by atoms with Gasteiger partial charge in [0.2, 0.25) is 0 Å². The summed E-state index contributed by atoms with van der Waals surface area (Å²) in [6, 6.07) is 13.5. The highest BCUT2D eigenvalue weighted by atomic mass is 19.1. The molecule has 0 radical (unpaired) electrons. The van der Waals surface area contributed by atoms with Gasteiger partial charge in [0.1, 0.15) is 5.82 Å². The lowest BCUT2D eigenvalue weighted by Gasteiger charge is -2.35. The van der Waals surface area contributed by atoms with Gasteiger partial charge in [-0.2, -0.15) is 0 Å². The Morgan fingerprint density at radius 2 is 1.86 bits per heavy atom. The van der Waals surface area contributed by atoms with Crippen LogP contribution in [-0.2, 0) is 6.42 Å². The molecule has 0 bridgehead atoms. The minimum atomic E-state index is -0.391. The quantitative estimate of drug-likeness (QED) is 0.663. The van der Waals surface area contributed by atoms with Crippen molar-refractivity contribution in [2.24, 2.45) is 0 Å². The van der Waals surface area contributed by atoms with Crippen LogP contribution in [-0.4, -0.2) is 29.5 Å². The van der Waals surface area contributed by atoms with Gasteiger partial charge in [0.15, 0.2) is 5.58 Å². The first-order valence-corrected chi connectivity index (χ1v) is 10.2. The summed E-state index contributed by atoms with van der Waals surface area (Å²) < 4.78 is 18.2. The molecule has 3 aromatic rings. The first kappa shape index (κ1) is 18.9. The Morgan fingerprint density at radius 3 is 2.61 bits per heavy atom. The molecule has 0 amide bonds. The van der Waals surface area contributed by atoms with E-state index in [-0.39, 0.29) is 5.82 Å². The second kappa shape index (κ2) is 8.31. The van der Waals surface area contributed by atoms with E-state index in [9.17, 15) is 9.18 Å². The predicted octanol–water partition coefficient (Wildman–Crippen LogP) is 4.85. The molecule has 0 spiro atoms. The number of rotatable bonds is 6. The standard InChI is InChI=1S/C23H27FN2O2/c1-26(14-2-3-16-4-9-19(24)10-5-16)20-11-6-17(7-12-20)18-8-13-21-22(15-18)28-23(27)25-21/h4-5,8-10,13,15,17,20H,2-3,6-7,11-12,14H2,1H3,(H,25,27)/t17-,20+. The SMILES string of the molecule is CN(CCCc1ccc(F)cc1)[C@H]1CC[C@@H](c2ccc3[nH]c(=O)oc3c2)CC1. The fraction of sp³-hybridized carbons (Fsp3) is 0.435. The number of oxazole rings is 1. The summed E-state index contributed by atoms with van der Waals surface area (Å²) in [6.07, 6.45) is 6.77. The van der Waals surface area contributed by atoms with Crippen LogP contribution >= 0.6 is 0 Å². The molecule has 1 aliphatic rings. The summed E-state index contributed by atoms with van der Waals surface area (Å²) in [7, 11) is 2.22. The molecule has 1 fully saturated rings. The summed E-state index contributed by atoms with van der Waals surface area (Å²) in [5.41, 5.74) is 3.89. The second-order valence-corrected chi connectivity index (χ2v) is 7.99. The number of aryl methyl sites for hydroxylation is 1. The Labute approximate surface area is 164 Å². The lowest BCUT2D eigenvalue weighted by Crippen LogP contribution is -2.35. The van der Waals surface area contributed by atoms with Gasteiger partial charge in [0.05, 0.1) is 5.52 Å². The van der Waals surface area contributed by atoms with Gasteiger partial charge in [0.25, 0.3) is 0 Å². The van der Waals surface area contributed by atoms with E-state index in [2.05, 4.69) is 23.0 Å². The van der Waals surface area contributed by atoms with Crippen molar-refractivity contribution in [3.8, 4) is 0 Å². The van der Waals surface area contributed by atoms with Crippen molar-refractivity contribution in [2.75, 3.05) is 13.6 Å². The van der Waals surface area contributed by atoms with Crippen molar-refractivity contribution in [3.05, 3.63) is 70.0 Å². The van der Waals surface area contributed by atoms with Crippen molar-refractivity contribution in [2.45, 2.75) is 50.5 Å². The predicted molar refractivity (Wildman–Crippen MR) is 109 cm³/mol. The molecule has 1 N–H and O–H groups in total. The fourth-order valence-electron chi connectivity index (χ4n) is 4.43. The second-order valence-electron chi connectivity index (χ2n) is 7.99. The number of nitrogens with zero attached hydrogens (tertiary/aromatic N) is 1. The molecule has 1 saturated carbocycles. The molecule has 0 aliphatic heterocycles. The van der Waals surface area contributed by atoms with E-state index < -0.39 is 5.76 Å². The maximum atomic E-state index is 13.0. The van der Waals surface area contributed by atoms with E-state index in [4.69, 9.17) is 4.42 Å². The maximum Gasteiger partial charge on any atom is 0.417 e. The lowest BCUT2D eigenvalue weighted by molar-refractivity contribution is 0.181. The molecule has 1 aliphatic carbocycles. The van der Waals surface area contributed by atoms with Crippen molar-refractivity contribution in [1.82, 2.24) is 9.88 Å². The molecular weight excluding hydrogens is 355 g/mol. The first-order chi connectivity index (χ1) is 13.6. The number of aromatic nitrogens is 1. The first-order valence-electron chi connectivity index (χ1n) is 10.2. The van der Waals surface area contributed by atoms with Gasteiger partial charge < -0.3 is 9.32 Å². The molecule has 1 aromatic heterocycles. The van der Waals surface area contributed by atoms with E-state index in [0.717, 1.165) is 37.7 Å². The van der Waals surface area contributed by atoms with Crippen LogP contribution in [0.1, 0.15) is 49.1 Å². The molecule has 28 heavy (non-hydrogen) atoms. The van der Waals surface area contributed by atoms with Crippen LogP contribution in [0.3, 0.4) is 0 Å². The number of halogens is 1. The van der Waals surface area contributed by atoms with E-state index >= 15 is 0 Å². The molecule has 0 unspecified atom stereocenters. The van der Waals surface area contributed by atoms with Gasteiger partial charge in [-0.3, -0.25) is 4.98 Å². The summed E-state index contributed by atoms with van der Waals surface area (Å²) in [5, 5.41) is 0. The highest BCUT2D eigenvalue weighted by molar-refractivity contribution is 5.72. The average Bonchev–Trinajstić information content (AvgIpc) is 3.08. The van der Waals surface area contributed by atoms with Crippen LogP contribution in [0.25, 0.3) is 11.1 Å². The Morgan fingerprint density at radius 1 is 1.11 bits per heavy atom. The fourth-order valence-corrected chi connectivity index (χ4v) is 4.43. The Kier molecular flexibility index (Phi) is 5.62. The number of hydrogen-bond acceptors (Lipinski definition) is 3. The molecular formula is C23H27FN2O2. The normalized spacial score (nSPS) is 20.1. The zero-order valence-electron chi connectivity index (χ0n) is 16.3. The number of hydrogen-bond donors (Lipinski definition) is 1. The van der Waals surface area contributed by atoms with E-state index in [1.54, 1.807) is 0 Å². The van der Waals surface area contributed by atoms with E-state index in [1.807, 2.05) is 24.3 Å². The molecule has 4 rings (SSSR count). The van der Waals surface area contributed by atoms with Gasteiger partial charge in [0, 0.05) is 6.04 Å². The largest absolute Gasteiger partial charge is 0.417 e. The Hall–Kier alpha value is -2.40. The van der Waals surface area contributed by atoms with Crippen molar-refractivity contribution in [3.63, 3.8) is 0 Å². The summed E-state index contributed by atoms with van der Waals surface area (Å²) >= 11 is 0. The topological polar surface area (TPSA) is 49.2 Å². The number of fused-ring (bicyclic) bond motifs is 1. The molecule has 2 aromatic carbocycles. The maximum absolute atomic E-state index is 13.0. The van der Waals surface area contributed by atoms with Crippen molar-refractivity contribution < 1.29 is 8.81 Å². The molecule has 0 atom stereocenters. The number of benzene rings is 2. The molecule has 1 heterocycles. The monoisotopic (exact) mass is 382 g/mol. The Bertz CT molecular complexity index is 968. The third-order valence-electron chi connectivity index (χ3n) is 6.13. The number of nitrogens with one attached hydrogen (secondary N) is 1. The molecule has 148 valence electrons. The highest BCUT2D eigenvalue weighted by Gasteiger charge is 2.25.